The van der Waals surface area contributed by atoms with Crippen molar-refractivity contribution in [1.82, 2.24) is 5.32 Å². The van der Waals surface area contributed by atoms with Gasteiger partial charge in [0.15, 0.2) is 0 Å². The topological polar surface area (TPSA) is 72.7 Å². The van der Waals surface area contributed by atoms with Crippen molar-refractivity contribution in [1.29, 1.82) is 0 Å². The molecule has 4 nitrogen and oxygen atoms in total. The molecule has 4 heteroatoms. The van der Waals surface area contributed by atoms with Crippen molar-refractivity contribution < 1.29 is 15.3 Å². The Hall–Kier alpha value is -0.600. The van der Waals surface area contributed by atoms with E-state index < -0.39 is 5.54 Å². The molecule has 0 aromatic carbocycles. The third-order valence-electron chi connectivity index (χ3n) is 1.47. The van der Waals surface area contributed by atoms with Gasteiger partial charge in [-0.15, -0.1) is 6.42 Å². The fraction of sp³-hybridized carbons (Fsp3) is 0.714. The molecule has 0 aliphatic rings. The summed E-state index contributed by atoms with van der Waals surface area (Å²) < 4.78 is 0. The number of nitrogens with one attached hydrogen (secondary N) is 1. The van der Waals surface area contributed by atoms with E-state index in [4.69, 9.17) is 21.7 Å². The van der Waals surface area contributed by atoms with Gasteiger partial charge in [0.2, 0.25) is 0 Å². The molecule has 0 heterocycles. The molecule has 4 N–H and O–H groups in total. The smallest absolute Gasteiger partial charge is 0.0888 e. The standard InChI is InChI=1S/C7H13NO3/c1-2-3-8-7(4-9,5-10)6-11/h1,8-11H,3-6H2. The molecule has 0 aromatic heterocycles. The van der Waals surface area contributed by atoms with Gasteiger partial charge in [0.05, 0.1) is 31.9 Å². The Morgan fingerprint density at radius 3 is 1.91 bits per heavy atom. The lowest BCUT2D eigenvalue weighted by Crippen LogP contribution is -2.54. The van der Waals surface area contributed by atoms with Crippen LogP contribution in [0.1, 0.15) is 0 Å². The van der Waals surface area contributed by atoms with Gasteiger partial charge in [-0.1, -0.05) is 5.92 Å². The lowest BCUT2D eigenvalue weighted by atomic mass is 10.0. The largest absolute Gasteiger partial charge is 0.394 e. The normalized spacial score (nSPS) is 11.1. The van der Waals surface area contributed by atoms with Crippen LogP contribution in [0.4, 0.5) is 0 Å². The quantitative estimate of drug-likeness (QED) is 0.348. The van der Waals surface area contributed by atoms with Crippen LogP contribution in [0.2, 0.25) is 0 Å². The van der Waals surface area contributed by atoms with Gasteiger partial charge in [-0.3, -0.25) is 5.32 Å². The zero-order valence-electron chi connectivity index (χ0n) is 6.25. The summed E-state index contributed by atoms with van der Waals surface area (Å²) >= 11 is 0. The van der Waals surface area contributed by atoms with Gasteiger partial charge in [-0.2, -0.15) is 0 Å². The maximum Gasteiger partial charge on any atom is 0.0888 e. The van der Waals surface area contributed by atoms with E-state index in [0.717, 1.165) is 0 Å². The van der Waals surface area contributed by atoms with Gasteiger partial charge >= 0.3 is 0 Å². The maximum atomic E-state index is 8.75. The van der Waals surface area contributed by atoms with Crippen LogP contribution in [-0.4, -0.2) is 47.2 Å². The number of rotatable bonds is 5. The summed E-state index contributed by atoms with van der Waals surface area (Å²) in [4.78, 5) is 0. The molecule has 0 aromatic rings. The SMILES string of the molecule is C#CCNC(CO)(CO)CO. The van der Waals surface area contributed by atoms with Gasteiger partial charge < -0.3 is 15.3 Å². The Morgan fingerprint density at radius 1 is 1.18 bits per heavy atom. The van der Waals surface area contributed by atoms with Crippen molar-refractivity contribution in [2.75, 3.05) is 26.4 Å². The number of aliphatic hydroxyl groups is 3. The highest BCUT2D eigenvalue weighted by atomic mass is 16.3. The van der Waals surface area contributed by atoms with Crippen molar-refractivity contribution in [3.63, 3.8) is 0 Å². The van der Waals surface area contributed by atoms with E-state index in [2.05, 4.69) is 11.2 Å². The highest BCUT2D eigenvalue weighted by molar-refractivity contribution is 4.94. The van der Waals surface area contributed by atoms with E-state index in [1.54, 1.807) is 0 Å². The predicted molar refractivity (Wildman–Crippen MR) is 40.8 cm³/mol. The second-order valence-corrected chi connectivity index (χ2v) is 2.31. The number of aliphatic hydroxyl groups excluding tert-OH is 3. The highest BCUT2D eigenvalue weighted by Gasteiger charge is 2.26. The van der Waals surface area contributed by atoms with Crippen molar-refractivity contribution in [2.24, 2.45) is 0 Å². The maximum absolute atomic E-state index is 8.75. The molecule has 0 radical (unpaired) electrons. The summed E-state index contributed by atoms with van der Waals surface area (Å²) in [7, 11) is 0. The lowest BCUT2D eigenvalue weighted by Gasteiger charge is -2.27. The van der Waals surface area contributed by atoms with Crippen LogP contribution in [0.5, 0.6) is 0 Å². The molecule has 0 rings (SSSR count). The minimum Gasteiger partial charge on any atom is -0.394 e. The van der Waals surface area contributed by atoms with Crippen LogP contribution in [0.3, 0.4) is 0 Å². The summed E-state index contributed by atoms with van der Waals surface area (Å²) in [5.74, 6) is 2.28. The molecular formula is C7H13NO3. The zero-order chi connectivity index (χ0) is 8.74. The number of hydrogen-bond acceptors (Lipinski definition) is 4. The molecule has 0 fully saturated rings. The van der Waals surface area contributed by atoms with Gasteiger partial charge in [-0.25, -0.2) is 0 Å². The highest BCUT2D eigenvalue weighted by Crippen LogP contribution is 1.99. The van der Waals surface area contributed by atoms with Gasteiger partial charge in [0, 0.05) is 0 Å². The monoisotopic (exact) mass is 159 g/mol. The number of hydrogen-bond donors (Lipinski definition) is 4. The Labute approximate surface area is 65.9 Å². The molecule has 0 atom stereocenters. The fourth-order valence-electron chi connectivity index (χ4n) is 0.556. The van der Waals surface area contributed by atoms with E-state index in [1.807, 2.05) is 0 Å². The van der Waals surface area contributed by atoms with Crippen LogP contribution in [0, 0.1) is 12.3 Å². The lowest BCUT2D eigenvalue weighted by molar-refractivity contribution is 0.0455. The molecule has 64 valence electrons. The van der Waals surface area contributed by atoms with Crippen molar-refractivity contribution in [2.45, 2.75) is 5.54 Å². The molecule has 0 aliphatic carbocycles. The summed E-state index contributed by atoms with van der Waals surface area (Å²) in [5, 5.41) is 28.9. The Balaban J connectivity index is 3.96. The second-order valence-electron chi connectivity index (χ2n) is 2.31. The van der Waals surface area contributed by atoms with Crippen LogP contribution in [0.25, 0.3) is 0 Å². The van der Waals surface area contributed by atoms with Gasteiger partial charge in [-0.05, 0) is 0 Å². The Morgan fingerprint density at radius 2 is 1.64 bits per heavy atom. The van der Waals surface area contributed by atoms with E-state index in [1.165, 1.54) is 0 Å². The van der Waals surface area contributed by atoms with Crippen LogP contribution < -0.4 is 5.32 Å². The van der Waals surface area contributed by atoms with Crippen LogP contribution in [0.15, 0.2) is 0 Å². The van der Waals surface area contributed by atoms with E-state index in [-0.39, 0.29) is 26.4 Å². The summed E-state index contributed by atoms with van der Waals surface area (Å²) in [6.07, 6.45) is 4.94. The Kier molecular flexibility index (Phi) is 4.83. The van der Waals surface area contributed by atoms with E-state index >= 15 is 0 Å². The molecule has 0 unspecified atom stereocenters. The summed E-state index contributed by atoms with van der Waals surface area (Å²) in [6, 6.07) is 0. The molecule has 0 aliphatic heterocycles. The van der Waals surface area contributed by atoms with Crippen LogP contribution >= 0.6 is 0 Å². The van der Waals surface area contributed by atoms with Crippen molar-refractivity contribution >= 4 is 0 Å². The third kappa shape index (κ3) is 2.87. The van der Waals surface area contributed by atoms with Crippen molar-refractivity contribution in [3.05, 3.63) is 0 Å². The first-order valence-electron chi connectivity index (χ1n) is 3.26. The van der Waals surface area contributed by atoms with E-state index in [0.29, 0.717) is 0 Å². The predicted octanol–water partition coefficient (Wildman–Crippen LogP) is -2.08. The average Bonchev–Trinajstić information content (AvgIpc) is 2.08. The summed E-state index contributed by atoms with van der Waals surface area (Å²) in [6.45, 7) is -0.827. The first-order valence-corrected chi connectivity index (χ1v) is 3.26. The molecule has 0 saturated carbocycles. The molecule has 11 heavy (non-hydrogen) atoms. The van der Waals surface area contributed by atoms with Gasteiger partial charge in [0.1, 0.15) is 0 Å². The van der Waals surface area contributed by atoms with Gasteiger partial charge in [0.25, 0.3) is 0 Å². The van der Waals surface area contributed by atoms with Crippen LogP contribution in [-0.2, 0) is 0 Å². The molecular weight excluding hydrogens is 146 g/mol. The Bertz CT molecular complexity index is 129. The average molecular weight is 159 g/mol. The fourth-order valence-corrected chi connectivity index (χ4v) is 0.556. The third-order valence-corrected chi connectivity index (χ3v) is 1.47. The molecule has 0 bridgehead atoms. The molecule has 0 amide bonds. The first kappa shape index (κ1) is 10.4. The van der Waals surface area contributed by atoms with Crippen molar-refractivity contribution in [3.8, 4) is 12.3 Å². The molecule has 0 saturated heterocycles. The number of terminal acetylenes is 1. The first-order chi connectivity index (χ1) is 5.24. The minimum atomic E-state index is -1.05. The van der Waals surface area contributed by atoms with E-state index in [9.17, 15) is 0 Å². The molecule has 0 spiro atoms. The second kappa shape index (κ2) is 5.10. The zero-order valence-corrected chi connectivity index (χ0v) is 6.25. The minimum absolute atomic E-state index is 0.210. The summed E-state index contributed by atoms with van der Waals surface area (Å²) in [5.41, 5.74) is -1.05.